The molecule has 76 valence electrons. The molecule has 0 bridgehead atoms. The lowest BCUT2D eigenvalue weighted by Crippen LogP contribution is -2.27. The zero-order valence-electron chi connectivity index (χ0n) is 7.23. The summed E-state index contributed by atoms with van der Waals surface area (Å²) in [6.45, 7) is 2.06. The fourth-order valence-electron chi connectivity index (χ4n) is 0.535. The summed E-state index contributed by atoms with van der Waals surface area (Å²) in [5.41, 5.74) is 0. The predicted octanol–water partition coefficient (Wildman–Crippen LogP) is 0.272. The van der Waals surface area contributed by atoms with Crippen molar-refractivity contribution >= 4 is 11.9 Å². The molecule has 0 saturated carbocycles. The molecule has 0 aromatic carbocycles. The van der Waals surface area contributed by atoms with Crippen LogP contribution in [0.4, 0.5) is 0 Å². The van der Waals surface area contributed by atoms with E-state index in [-0.39, 0.29) is 6.61 Å². The van der Waals surface area contributed by atoms with Gasteiger partial charge in [-0.15, -0.1) is 0 Å². The standard InChI is InChI=1S/C7H12O6/c1-2-3-12-13-5(7(10)11)4-6(8)9/h5H,2-4H2,1H3,(H,8,9)(H,10,11). The Bertz CT molecular complexity index is 178. The Morgan fingerprint density at radius 3 is 2.38 bits per heavy atom. The molecule has 2 N–H and O–H groups in total. The summed E-state index contributed by atoms with van der Waals surface area (Å²) in [6.07, 6.45) is -1.39. The van der Waals surface area contributed by atoms with Crippen LogP contribution in [0.5, 0.6) is 0 Å². The van der Waals surface area contributed by atoms with Crippen LogP contribution < -0.4 is 0 Å². The Labute approximate surface area is 75.0 Å². The number of aliphatic carboxylic acids is 2. The fourth-order valence-corrected chi connectivity index (χ4v) is 0.535. The van der Waals surface area contributed by atoms with Crippen molar-refractivity contribution in [3.63, 3.8) is 0 Å². The Kier molecular flexibility index (Phi) is 5.82. The molecule has 0 aliphatic heterocycles. The molecular weight excluding hydrogens is 180 g/mol. The fraction of sp³-hybridized carbons (Fsp3) is 0.714. The third-order valence-corrected chi connectivity index (χ3v) is 1.11. The highest BCUT2D eigenvalue weighted by molar-refractivity contribution is 5.79. The Hall–Kier alpha value is -1.14. The Morgan fingerprint density at radius 1 is 1.38 bits per heavy atom. The topological polar surface area (TPSA) is 93.1 Å². The van der Waals surface area contributed by atoms with Crippen molar-refractivity contribution in [1.82, 2.24) is 0 Å². The first kappa shape index (κ1) is 11.9. The molecule has 0 aliphatic rings. The van der Waals surface area contributed by atoms with Crippen molar-refractivity contribution in [3.05, 3.63) is 0 Å². The lowest BCUT2D eigenvalue weighted by molar-refractivity contribution is -0.319. The van der Waals surface area contributed by atoms with Crippen molar-refractivity contribution in [2.75, 3.05) is 6.61 Å². The summed E-state index contributed by atoms with van der Waals surface area (Å²) in [4.78, 5) is 29.3. The van der Waals surface area contributed by atoms with E-state index in [2.05, 4.69) is 9.78 Å². The third kappa shape index (κ3) is 6.06. The summed E-state index contributed by atoms with van der Waals surface area (Å²) in [5, 5.41) is 16.7. The number of carboxylic acid groups (broad SMARTS) is 2. The van der Waals surface area contributed by atoms with E-state index in [0.717, 1.165) is 0 Å². The van der Waals surface area contributed by atoms with Gasteiger partial charge in [-0.05, 0) is 6.42 Å². The third-order valence-electron chi connectivity index (χ3n) is 1.11. The molecule has 0 aromatic rings. The molecule has 1 atom stereocenters. The van der Waals surface area contributed by atoms with E-state index in [4.69, 9.17) is 10.2 Å². The van der Waals surface area contributed by atoms with Crippen molar-refractivity contribution in [2.45, 2.75) is 25.9 Å². The molecule has 0 spiro atoms. The maximum Gasteiger partial charge on any atom is 0.336 e. The average Bonchev–Trinajstić information content (AvgIpc) is 2.02. The molecule has 0 radical (unpaired) electrons. The van der Waals surface area contributed by atoms with Crippen LogP contribution in [0.3, 0.4) is 0 Å². The van der Waals surface area contributed by atoms with E-state index in [1.807, 2.05) is 6.92 Å². The lowest BCUT2D eigenvalue weighted by atomic mass is 10.3. The SMILES string of the molecule is CCCOOC(CC(=O)O)C(=O)O. The van der Waals surface area contributed by atoms with Gasteiger partial charge in [0.05, 0.1) is 13.0 Å². The normalized spacial score (nSPS) is 12.4. The lowest BCUT2D eigenvalue weighted by Gasteiger charge is -2.09. The highest BCUT2D eigenvalue weighted by Crippen LogP contribution is 2.00. The average molecular weight is 192 g/mol. The van der Waals surface area contributed by atoms with Gasteiger partial charge in [0.25, 0.3) is 0 Å². The highest BCUT2D eigenvalue weighted by Gasteiger charge is 2.22. The van der Waals surface area contributed by atoms with Crippen LogP contribution in [0.1, 0.15) is 19.8 Å². The smallest absolute Gasteiger partial charge is 0.336 e. The quantitative estimate of drug-likeness (QED) is 0.341. The van der Waals surface area contributed by atoms with Crippen LogP contribution in [0.15, 0.2) is 0 Å². The Balaban J connectivity index is 3.81. The van der Waals surface area contributed by atoms with E-state index < -0.39 is 24.5 Å². The summed E-state index contributed by atoms with van der Waals surface area (Å²) in [7, 11) is 0. The van der Waals surface area contributed by atoms with Gasteiger partial charge in [-0.3, -0.25) is 4.79 Å². The molecule has 0 amide bonds. The number of hydrogen-bond acceptors (Lipinski definition) is 4. The molecule has 0 aliphatic carbocycles. The van der Waals surface area contributed by atoms with Gasteiger partial charge in [0, 0.05) is 0 Å². The van der Waals surface area contributed by atoms with Gasteiger partial charge in [0.2, 0.25) is 0 Å². The molecule has 13 heavy (non-hydrogen) atoms. The summed E-state index contributed by atoms with van der Waals surface area (Å²) < 4.78 is 0. The molecular formula is C7H12O6. The van der Waals surface area contributed by atoms with E-state index >= 15 is 0 Å². The van der Waals surface area contributed by atoms with E-state index in [9.17, 15) is 9.59 Å². The van der Waals surface area contributed by atoms with Gasteiger partial charge in [-0.2, -0.15) is 0 Å². The maximum absolute atomic E-state index is 10.4. The first-order chi connectivity index (χ1) is 6.07. The Morgan fingerprint density at radius 2 is 2.00 bits per heavy atom. The van der Waals surface area contributed by atoms with E-state index in [0.29, 0.717) is 6.42 Å². The molecule has 0 rings (SSSR count). The van der Waals surface area contributed by atoms with Crippen molar-refractivity contribution < 1.29 is 29.6 Å². The van der Waals surface area contributed by atoms with Gasteiger partial charge >= 0.3 is 11.9 Å². The summed E-state index contributed by atoms with van der Waals surface area (Å²) in [5.74, 6) is -2.59. The van der Waals surface area contributed by atoms with Crippen molar-refractivity contribution in [1.29, 1.82) is 0 Å². The minimum absolute atomic E-state index is 0.239. The van der Waals surface area contributed by atoms with Gasteiger partial charge in [0.1, 0.15) is 0 Å². The minimum Gasteiger partial charge on any atom is -0.481 e. The molecule has 6 heteroatoms. The van der Waals surface area contributed by atoms with Crippen LogP contribution in [0.25, 0.3) is 0 Å². The second-order valence-corrected chi connectivity index (χ2v) is 2.34. The van der Waals surface area contributed by atoms with Crippen molar-refractivity contribution in [2.24, 2.45) is 0 Å². The van der Waals surface area contributed by atoms with Gasteiger partial charge in [-0.1, -0.05) is 6.92 Å². The van der Waals surface area contributed by atoms with Crippen LogP contribution in [0.2, 0.25) is 0 Å². The molecule has 0 saturated heterocycles. The van der Waals surface area contributed by atoms with Crippen LogP contribution in [-0.4, -0.2) is 34.9 Å². The minimum atomic E-state index is -1.44. The van der Waals surface area contributed by atoms with E-state index in [1.54, 1.807) is 0 Å². The number of carbonyl (C=O) groups is 2. The second-order valence-electron chi connectivity index (χ2n) is 2.34. The van der Waals surface area contributed by atoms with Gasteiger partial charge in [-0.25, -0.2) is 14.6 Å². The second kappa shape index (κ2) is 6.38. The van der Waals surface area contributed by atoms with Gasteiger partial charge < -0.3 is 10.2 Å². The predicted molar refractivity (Wildman–Crippen MR) is 41.0 cm³/mol. The maximum atomic E-state index is 10.4. The van der Waals surface area contributed by atoms with Crippen LogP contribution >= 0.6 is 0 Å². The molecule has 0 aromatic heterocycles. The molecule has 0 heterocycles. The van der Waals surface area contributed by atoms with Gasteiger partial charge in [0.15, 0.2) is 6.10 Å². The first-order valence-corrected chi connectivity index (χ1v) is 3.80. The monoisotopic (exact) mass is 192 g/mol. The largest absolute Gasteiger partial charge is 0.481 e. The number of hydrogen-bond donors (Lipinski definition) is 2. The van der Waals surface area contributed by atoms with Crippen LogP contribution in [0, 0.1) is 0 Å². The molecule has 6 nitrogen and oxygen atoms in total. The first-order valence-electron chi connectivity index (χ1n) is 3.80. The zero-order valence-corrected chi connectivity index (χ0v) is 7.23. The van der Waals surface area contributed by atoms with Crippen molar-refractivity contribution in [3.8, 4) is 0 Å². The van der Waals surface area contributed by atoms with E-state index in [1.165, 1.54) is 0 Å². The molecule has 1 unspecified atom stereocenters. The number of carboxylic acids is 2. The zero-order chi connectivity index (χ0) is 10.3. The molecule has 0 fully saturated rings. The van der Waals surface area contributed by atoms with Crippen LogP contribution in [-0.2, 0) is 19.4 Å². The number of rotatable bonds is 7. The summed E-state index contributed by atoms with van der Waals surface area (Å²) >= 11 is 0. The summed E-state index contributed by atoms with van der Waals surface area (Å²) in [6, 6.07) is 0. The highest BCUT2D eigenvalue weighted by atomic mass is 17.2.